The molecule has 0 fully saturated rings. The van der Waals surface area contributed by atoms with Gasteiger partial charge in [0.25, 0.3) is 5.91 Å². The predicted molar refractivity (Wildman–Crippen MR) is 116 cm³/mol. The summed E-state index contributed by atoms with van der Waals surface area (Å²) >= 11 is 18.5. The van der Waals surface area contributed by atoms with Gasteiger partial charge < -0.3 is 10.1 Å². The van der Waals surface area contributed by atoms with E-state index in [0.717, 1.165) is 6.42 Å². The normalized spacial score (nSPS) is 10.8. The Kier molecular flexibility index (Phi) is 6.96. The smallest absolute Gasteiger partial charge is 0.339 e. The Hall–Kier alpha value is -2.34. The maximum Gasteiger partial charge on any atom is 0.339 e. The molecule has 5 nitrogen and oxygen atoms in total. The van der Waals surface area contributed by atoms with Crippen LogP contribution in [0.15, 0.2) is 42.5 Å². The van der Waals surface area contributed by atoms with E-state index in [0.29, 0.717) is 33.7 Å². The van der Waals surface area contributed by atoms with Crippen LogP contribution >= 0.6 is 34.8 Å². The van der Waals surface area contributed by atoms with Crippen LogP contribution < -0.4 is 5.32 Å². The van der Waals surface area contributed by atoms with E-state index in [1.165, 1.54) is 0 Å². The summed E-state index contributed by atoms with van der Waals surface area (Å²) in [5.74, 6) is -0.987. The van der Waals surface area contributed by atoms with Gasteiger partial charge in [0, 0.05) is 17.5 Å². The van der Waals surface area contributed by atoms with Gasteiger partial charge in [-0.15, -0.1) is 0 Å². The van der Waals surface area contributed by atoms with Crippen molar-refractivity contribution in [2.24, 2.45) is 0 Å². The molecule has 150 valence electrons. The standard InChI is InChI=1S/C21H17Cl3N2O3/c1-2-9-25-18(27)11-29-21(28)14-10-17(26-16-6-4-3-5-12(14)16)13-7-8-15(22)20(24)19(13)23/h3-8,10H,2,9,11H2,1H3,(H,25,27). The van der Waals surface area contributed by atoms with Crippen molar-refractivity contribution in [1.82, 2.24) is 10.3 Å². The monoisotopic (exact) mass is 450 g/mol. The Balaban J connectivity index is 2.00. The van der Waals surface area contributed by atoms with Crippen molar-refractivity contribution >= 4 is 57.6 Å². The van der Waals surface area contributed by atoms with Crippen molar-refractivity contribution < 1.29 is 14.3 Å². The zero-order valence-electron chi connectivity index (χ0n) is 15.5. The molecule has 0 saturated carbocycles. The Morgan fingerprint density at radius 1 is 1.07 bits per heavy atom. The molecule has 3 aromatic rings. The van der Waals surface area contributed by atoms with Crippen molar-refractivity contribution in [2.75, 3.05) is 13.2 Å². The number of carbonyl (C=O) groups is 2. The molecular weight excluding hydrogens is 435 g/mol. The van der Waals surface area contributed by atoms with Crippen LogP contribution in [0.5, 0.6) is 0 Å². The van der Waals surface area contributed by atoms with E-state index in [-0.39, 0.29) is 28.1 Å². The second kappa shape index (κ2) is 9.44. The number of pyridine rings is 1. The summed E-state index contributed by atoms with van der Waals surface area (Å²) in [6.45, 7) is 2.10. The molecule has 1 amide bonds. The van der Waals surface area contributed by atoms with Crippen LogP contribution in [0.1, 0.15) is 23.7 Å². The Morgan fingerprint density at radius 3 is 2.59 bits per heavy atom. The van der Waals surface area contributed by atoms with E-state index in [1.54, 1.807) is 36.4 Å². The number of para-hydroxylation sites is 1. The number of hydrogen-bond donors (Lipinski definition) is 1. The molecule has 0 aliphatic heterocycles. The van der Waals surface area contributed by atoms with E-state index in [1.807, 2.05) is 13.0 Å². The molecule has 1 heterocycles. The van der Waals surface area contributed by atoms with Crippen molar-refractivity contribution in [2.45, 2.75) is 13.3 Å². The minimum atomic E-state index is -0.632. The molecule has 0 unspecified atom stereocenters. The van der Waals surface area contributed by atoms with Gasteiger partial charge in [0.2, 0.25) is 0 Å². The lowest BCUT2D eigenvalue weighted by atomic mass is 10.0. The highest BCUT2D eigenvalue weighted by Gasteiger charge is 2.18. The van der Waals surface area contributed by atoms with Gasteiger partial charge in [-0.3, -0.25) is 4.79 Å². The summed E-state index contributed by atoms with van der Waals surface area (Å²) in [6, 6.07) is 12.0. The highest BCUT2D eigenvalue weighted by Crippen LogP contribution is 2.38. The predicted octanol–water partition coefficient (Wildman–Crippen LogP) is 5.55. The maximum absolute atomic E-state index is 12.7. The minimum Gasteiger partial charge on any atom is -0.452 e. The molecular formula is C21H17Cl3N2O3. The van der Waals surface area contributed by atoms with Crippen LogP contribution in [-0.2, 0) is 9.53 Å². The summed E-state index contributed by atoms with van der Waals surface area (Å²) < 4.78 is 5.20. The number of carbonyl (C=O) groups excluding carboxylic acids is 2. The van der Waals surface area contributed by atoms with E-state index >= 15 is 0 Å². The zero-order chi connectivity index (χ0) is 21.0. The van der Waals surface area contributed by atoms with E-state index in [4.69, 9.17) is 39.5 Å². The SMILES string of the molecule is CCCNC(=O)COC(=O)c1cc(-c2ccc(Cl)c(Cl)c2Cl)nc2ccccc12. The first kappa shape index (κ1) is 21.4. The molecule has 0 saturated heterocycles. The first-order chi connectivity index (χ1) is 13.9. The van der Waals surface area contributed by atoms with Gasteiger partial charge >= 0.3 is 5.97 Å². The topological polar surface area (TPSA) is 68.3 Å². The number of aromatic nitrogens is 1. The third kappa shape index (κ3) is 4.81. The number of hydrogen-bond acceptors (Lipinski definition) is 4. The van der Waals surface area contributed by atoms with Gasteiger partial charge in [-0.2, -0.15) is 0 Å². The lowest BCUT2D eigenvalue weighted by Crippen LogP contribution is -2.29. The van der Waals surface area contributed by atoms with Crippen molar-refractivity contribution in [3.8, 4) is 11.3 Å². The molecule has 0 bridgehead atoms. The average Bonchev–Trinajstić information content (AvgIpc) is 2.73. The lowest BCUT2D eigenvalue weighted by molar-refractivity contribution is -0.124. The van der Waals surface area contributed by atoms with Crippen molar-refractivity contribution in [3.05, 3.63) is 63.1 Å². The number of nitrogens with zero attached hydrogens (tertiary/aromatic N) is 1. The third-order valence-electron chi connectivity index (χ3n) is 4.15. The van der Waals surface area contributed by atoms with Gasteiger partial charge in [0.05, 0.1) is 31.8 Å². The molecule has 3 rings (SSSR count). The van der Waals surface area contributed by atoms with Crippen molar-refractivity contribution in [3.63, 3.8) is 0 Å². The Bertz CT molecular complexity index is 1090. The maximum atomic E-state index is 12.7. The van der Waals surface area contributed by atoms with Crippen LogP contribution in [-0.4, -0.2) is 30.0 Å². The number of halogens is 3. The van der Waals surface area contributed by atoms with Gasteiger partial charge in [0.1, 0.15) is 0 Å². The zero-order valence-corrected chi connectivity index (χ0v) is 17.7. The number of fused-ring (bicyclic) bond motifs is 1. The van der Waals surface area contributed by atoms with Gasteiger partial charge in [-0.05, 0) is 30.7 Å². The lowest BCUT2D eigenvalue weighted by Gasteiger charge is -2.12. The number of benzene rings is 2. The summed E-state index contributed by atoms with van der Waals surface area (Å²) in [5, 5.41) is 4.02. The first-order valence-electron chi connectivity index (χ1n) is 8.89. The summed E-state index contributed by atoms with van der Waals surface area (Å²) in [4.78, 5) is 29.1. The quantitative estimate of drug-likeness (QED) is 0.394. The second-order valence-electron chi connectivity index (χ2n) is 6.22. The highest BCUT2D eigenvalue weighted by molar-refractivity contribution is 6.49. The van der Waals surface area contributed by atoms with E-state index in [9.17, 15) is 9.59 Å². The summed E-state index contributed by atoms with van der Waals surface area (Å²) in [7, 11) is 0. The number of nitrogens with one attached hydrogen (secondary N) is 1. The molecule has 1 aromatic heterocycles. The van der Waals surface area contributed by atoms with Crippen LogP contribution in [0.25, 0.3) is 22.2 Å². The van der Waals surface area contributed by atoms with Gasteiger partial charge in [-0.25, -0.2) is 9.78 Å². The Morgan fingerprint density at radius 2 is 1.83 bits per heavy atom. The molecule has 0 spiro atoms. The molecule has 0 aliphatic carbocycles. The van der Waals surface area contributed by atoms with Crippen LogP contribution in [0.3, 0.4) is 0 Å². The fourth-order valence-corrected chi connectivity index (χ4v) is 3.36. The number of esters is 1. The molecule has 0 atom stereocenters. The number of rotatable bonds is 6. The molecule has 2 aromatic carbocycles. The van der Waals surface area contributed by atoms with E-state index < -0.39 is 5.97 Å². The van der Waals surface area contributed by atoms with Crippen LogP contribution in [0.4, 0.5) is 0 Å². The number of ether oxygens (including phenoxy) is 1. The molecule has 0 aliphatic rings. The van der Waals surface area contributed by atoms with Gasteiger partial charge in [0.15, 0.2) is 6.61 Å². The molecule has 29 heavy (non-hydrogen) atoms. The molecule has 8 heteroatoms. The second-order valence-corrected chi connectivity index (χ2v) is 7.38. The molecule has 1 N–H and O–H groups in total. The summed E-state index contributed by atoms with van der Waals surface area (Å²) in [6.07, 6.45) is 0.794. The minimum absolute atomic E-state index is 0.206. The van der Waals surface area contributed by atoms with Crippen molar-refractivity contribution in [1.29, 1.82) is 0 Å². The fraction of sp³-hybridized carbons (Fsp3) is 0.190. The largest absolute Gasteiger partial charge is 0.452 e. The highest BCUT2D eigenvalue weighted by atomic mass is 35.5. The fourth-order valence-electron chi connectivity index (χ4n) is 2.73. The first-order valence-corrected chi connectivity index (χ1v) is 10.0. The third-order valence-corrected chi connectivity index (χ3v) is 5.45. The van der Waals surface area contributed by atoms with Gasteiger partial charge in [-0.1, -0.05) is 59.9 Å². The van der Waals surface area contributed by atoms with E-state index in [2.05, 4.69) is 10.3 Å². The van der Waals surface area contributed by atoms with Crippen LogP contribution in [0, 0.1) is 0 Å². The van der Waals surface area contributed by atoms with Crippen LogP contribution in [0.2, 0.25) is 15.1 Å². The Labute approximate surface area is 182 Å². The molecule has 0 radical (unpaired) electrons. The summed E-state index contributed by atoms with van der Waals surface area (Å²) in [5.41, 5.74) is 1.82. The average molecular weight is 452 g/mol. The number of amides is 1.